The van der Waals surface area contributed by atoms with Crippen molar-refractivity contribution < 1.29 is 8.42 Å². The van der Waals surface area contributed by atoms with E-state index in [1.807, 2.05) is 36.4 Å². The molecule has 4 aromatic rings. The average molecular weight is 408 g/mol. The van der Waals surface area contributed by atoms with Crippen LogP contribution in [0, 0.1) is 0 Å². The fraction of sp³-hybridized carbons (Fsp3) is 0.190. The van der Waals surface area contributed by atoms with Crippen LogP contribution in [-0.2, 0) is 10.0 Å². The first-order valence-corrected chi connectivity index (χ1v) is 10.9. The van der Waals surface area contributed by atoms with Crippen LogP contribution in [0.15, 0.2) is 64.3 Å². The summed E-state index contributed by atoms with van der Waals surface area (Å²) in [4.78, 5) is 18.9. The van der Waals surface area contributed by atoms with Gasteiger partial charge in [-0.05, 0) is 42.1 Å². The summed E-state index contributed by atoms with van der Waals surface area (Å²) >= 11 is 0. The summed E-state index contributed by atoms with van der Waals surface area (Å²) in [5.41, 5.74) is 8.26. The maximum Gasteiger partial charge on any atom is 0.257 e. The van der Waals surface area contributed by atoms with Crippen molar-refractivity contribution in [1.82, 2.24) is 14.3 Å². The number of pyridine rings is 1. The van der Waals surface area contributed by atoms with E-state index in [1.54, 1.807) is 18.2 Å². The van der Waals surface area contributed by atoms with Crippen molar-refractivity contribution >= 4 is 31.8 Å². The second kappa shape index (κ2) is 6.55. The second-order valence-corrected chi connectivity index (χ2v) is 9.38. The normalized spacial score (nSPS) is 18.0. The number of fused-ring (bicyclic) bond motifs is 2. The fourth-order valence-electron chi connectivity index (χ4n) is 3.88. The molecule has 8 heteroatoms. The van der Waals surface area contributed by atoms with Crippen molar-refractivity contribution in [2.45, 2.75) is 17.4 Å². The van der Waals surface area contributed by atoms with E-state index < -0.39 is 10.0 Å². The molecule has 1 aliphatic rings. The van der Waals surface area contributed by atoms with Crippen LogP contribution >= 0.6 is 0 Å². The summed E-state index contributed by atoms with van der Waals surface area (Å²) in [7, 11) is -3.59. The first kappa shape index (κ1) is 18.1. The van der Waals surface area contributed by atoms with Gasteiger partial charge in [-0.1, -0.05) is 24.3 Å². The predicted molar refractivity (Wildman–Crippen MR) is 113 cm³/mol. The van der Waals surface area contributed by atoms with Gasteiger partial charge in [0.1, 0.15) is 0 Å². The van der Waals surface area contributed by atoms with Crippen molar-refractivity contribution in [3.05, 3.63) is 65.0 Å². The Hall–Kier alpha value is -2.94. The highest BCUT2D eigenvalue weighted by molar-refractivity contribution is 7.89. The molecule has 0 radical (unpaired) electrons. The van der Waals surface area contributed by atoms with Gasteiger partial charge in [0.2, 0.25) is 10.0 Å². The largest absolute Gasteiger partial charge is 0.354 e. The van der Waals surface area contributed by atoms with Gasteiger partial charge in [0.05, 0.1) is 16.2 Å². The second-order valence-electron chi connectivity index (χ2n) is 7.44. The number of H-pyrrole nitrogens is 2. The molecule has 1 fully saturated rings. The number of nitrogens with one attached hydrogen (secondary N) is 2. The summed E-state index contributed by atoms with van der Waals surface area (Å²) in [5.74, 6) is 0. The van der Waals surface area contributed by atoms with E-state index in [0.717, 1.165) is 16.3 Å². The number of para-hydroxylation sites is 1. The summed E-state index contributed by atoms with van der Waals surface area (Å²) in [6.07, 6.45) is 0.666. The van der Waals surface area contributed by atoms with Gasteiger partial charge in [0, 0.05) is 35.6 Å². The van der Waals surface area contributed by atoms with Crippen LogP contribution in [0.4, 0.5) is 0 Å². The van der Waals surface area contributed by atoms with E-state index in [9.17, 15) is 13.2 Å². The Balaban J connectivity index is 1.58. The number of sulfonamides is 1. The Labute approximate surface area is 167 Å². The van der Waals surface area contributed by atoms with Crippen molar-refractivity contribution in [1.29, 1.82) is 0 Å². The molecule has 148 valence electrons. The summed E-state index contributed by atoms with van der Waals surface area (Å²) < 4.78 is 27.2. The number of benzene rings is 2. The van der Waals surface area contributed by atoms with E-state index in [2.05, 4.69) is 9.97 Å². The lowest BCUT2D eigenvalue weighted by atomic mass is 10.1. The maximum absolute atomic E-state index is 12.9. The molecule has 4 N–H and O–H groups in total. The van der Waals surface area contributed by atoms with E-state index >= 15 is 0 Å². The Morgan fingerprint density at radius 2 is 1.76 bits per heavy atom. The first-order chi connectivity index (χ1) is 13.9. The van der Waals surface area contributed by atoms with E-state index in [0.29, 0.717) is 36.3 Å². The molecule has 5 rings (SSSR count). The molecule has 0 aliphatic carbocycles. The van der Waals surface area contributed by atoms with Gasteiger partial charge in [0.15, 0.2) is 0 Å². The first-order valence-electron chi connectivity index (χ1n) is 9.43. The molecule has 0 saturated carbocycles. The lowest BCUT2D eigenvalue weighted by molar-refractivity contribution is 0.472. The lowest BCUT2D eigenvalue weighted by Gasteiger charge is -2.15. The highest BCUT2D eigenvalue weighted by Gasteiger charge is 2.31. The number of aromatic nitrogens is 2. The Bertz CT molecular complexity index is 1400. The number of aromatic amines is 2. The van der Waals surface area contributed by atoms with Crippen molar-refractivity contribution in [3.63, 3.8) is 0 Å². The predicted octanol–water partition coefficient (Wildman–Crippen LogP) is 2.40. The molecule has 0 amide bonds. The fourth-order valence-corrected chi connectivity index (χ4v) is 5.42. The molecule has 2 aromatic carbocycles. The topological polar surface area (TPSA) is 112 Å². The Morgan fingerprint density at radius 1 is 0.966 bits per heavy atom. The number of rotatable bonds is 3. The van der Waals surface area contributed by atoms with E-state index in [4.69, 9.17) is 5.73 Å². The molecule has 1 aliphatic heterocycles. The number of hydrogen-bond donors (Lipinski definition) is 3. The molecular formula is C21H20N4O3S. The summed E-state index contributed by atoms with van der Waals surface area (Å²) in [6.45, 7) is 0.771. The standard InChI is InChI=1S/C21H20N4O3S/c22-15-7-8-25(12-15)29(27,28)16-6-5-14-10-20(23-19(14)11-16)17-9-13-3-1-2-4-18(13)24-21(17)26/h1-6,9-11,15,23H,7-8,12,22H2,(H,24,26). The van der Waals surface area contributed by atoms with Crippen LogP contribution in [-0.4, -0.2) is 41.8 Å². The zero-order valence-corrected chi connectivity index (χ0v) is 16.4. The minimum absolute atomic E-state index is 0.120. The smallest absolute Gasteiger partial charge is 0.257 e. The Morgan fingerprint density at radius 3 is 2.55 bits per heavy atom. The van der Waals surface area contributed by atoms with Crippen LogP contribution in [0.5, 0.6) is 0 Å². The van der Waals surface area contributed by atoms with Gasteiger partial charge in [-0.3, -0.25) is 4.79 Å². The molecule has 0 bridgehead atoms. The van der Waals surface area contributed by atoms with Crippen molar-refractivity contribution in [3.8, 4) is 11.3 Å². The highest BCUT2D eigenvalue weighted by atomic mass is 32.2. The zero-order valence-electron chi connectivity index (χ0n) is 15.6. The quantitative estimate of drug-likeness (QED) is 0.483. The van der Waals surface area contributed by atoms with Gasteiger partial charge in [-0.15, -0.1) is 0 Å². The van der Waals surface area contributed by atoms with Gasteiger partial charge in [-0.25, -0.2) is 8.42 Å². The van der Waals surface area contributed by atoms with Crippen molar-refractivity contribution in [2.75, 3.05) is 13.1 Å². The van der Waals surface area contributed by atoms with Crippen molar-refractivity contribution in [2.24, 2.45) is 5.73 Å². The van der Waals surface area contributed by atoms with Crippen LogP contribution < -0.4 is 11.3 Å². The highest BCUT2D eigenvalue weighted by Crippen LogP contribution is 2.28. The number of nitrogens with two attached hydrogens (primary N) is 1. The molecular weight excluding hydrogens is 388 g/mol. The van der Waals surface area contributed by atoms with Crippen LogP contribution in [0.3, 0.4) is 0 Å². The molecule has 1 saturated heterocycles. The van der Waals surface area contributed by atoms with Gasteiger partial charge >= 0.3 is 0 Å². The van der Waals surface area contributed by atoms with E-state index in [-0.39, 0.29) is 16.5 Å². The molecule has 3 heterocycles. The number of nitrogens with zero attached hydrogens (tertiary/aromatic N) is 1. The molecule has 1 unspecified atom stereocenters. The van der Waals surface area contributed by atoms with Crippen LogP contribution in [0.2, 0.25) is 0 Å². The van der Waals surface area contributed by atoms with Crippen LogP contribution in [0.1, 0.15) is 6.42 Å². The molecule has 0 spiro atoms. The minimum Gasteiger partial charge on any atom is -0.354 e. The SMILES string of the molecule is NC1CCN(S(=O)(=O)c2ccc3cc(-c4cc5ccccc5[nH]c4=O)[nH]c3c2)C1. The Kier molecular flexibility index (Phi) is 4.09. The zero-order chi connectivity index (χ0) is 20.2. The van der Waals surface area contributed by atoms with Crippen LogP contribution in [0.25, 0.3) is 33.1 Å². The third-order valence-corrected chi connectivity index (χ3v) is 7.32. The van der Waals surface area contributed by atoms with Gasteiger partial charge in [-0.2, -0.15) is 4.31 Å². The lowest BCUT2D eigenvalue weighted by Crippen LogP contribution is -2.31. The third kappa shape index (κ3) is 3.05. The minimum atomic E-state index is -3.59. The molecule has 2 aromatic heterocycles. The number of hydrogen-bond acceptors (Lipinski definition) is 4. The monoisotopic (exact) mass is 408 g/mol. The summed E-state index contributed by atoms with van der Waals surface area (Å²) in [6, 6.07) is 16.1. The maximum atomic E-state index is 12.9. The van der Waals surface area contributed by atoms with E-state index in [1.165, 1.54) is 4.31 Å². The van der Waals surface area contributed by atoms with Gasteiger partial charge < -0.3 is 15.7 Å². The summed E-state index contributed by atoms with van der Waals surface area (Å²) in [5, 5.41) is 1.76. The third-order valence-electron chi connectivity index (χ3n) is 5.46. The van der Waals surface area contributed by atoms with Gasteiger partial charge in [0.25, 0.3) is 5.56 Å². The average Bonchev–Trinajstić information content (AvgIpc) is 3.33. The molecule has 29 heavy (non-hydrogen) atoms. The molecule has 1 atom stereocenters. The molecule has 7 nitrogen and oxygen atoms in total.